The lowest BCUT2D eigenvalue weighted by molar-refractivity contribution is 0.121. The first-order valence-corrected chi connectivity index (χ1v) is 7.37. The van der Waals surface area contributed by atoms with Crippen molar-refractivity contribution in [2.45, 2.75) is 26.4 Å². The topological polar surface area (TPSA) is 75.7 Å². The van der Waals surface area contributed by atoms with Crippen LogP contribution in [0.2, 0.25) is 0 Å². The molecule has 0 aliphatic carbocycles. The highest BCUT2D eigenvalue weighted by molar-refractivity contribution is 7.87. The maximum Gasteiger partial charge on any atom is 0.422 e. The maximum atomic E-state index is 11.8. The predicted molar refractivity (Wildman–Crippen MR) is 64.1 cm³/mol. The number of carbonyl (C=O) groups is 1. The number of halogens is 1. The zero-order valence-corrected chi connectivity index (χ0v) is 11.4. The second kappa shape index (κ2) is 5.88. The molecule has 0 aromatic carbocycles. The Labute approximate surface area is 106 Å². The van der Waals surface area contributed by atoms with Crippen molar-refractivity contribution in [3.8, 4) is 0 Å². The van der Waals surface area contributed by atoms with Gasteiger partial charge in [-0.2, -0.15) is 12.7 Å². The molecule has 100 valence electrons. The van der Waals surface area contributed by atoms with E-state index in [9.17, 15) is 13.2 Å². The summed E-state index contributed by atoms with van der Waals surface area (Å²) in [7, 11) is -3.80. The molecular weight excluding hydrogens is 268 g/mol. The zero-order chi connectivity index (χ0) is 13.1. The van der Waals surface area contributed by atoms with Crippen molar-refractivity contribution in [1.29, 1.82) is 0 Å². The first-order chi connectivity index (χ1) is 7.85. The number of nitrogens with one attached hydrogen (secondary N) is 1. The molecule has 8 heteroatoms. The van der Waals surface area contributed by atoms with Crippen LogP contribution in [0, 0.1) is 5.92 Å². The molecule has 0 bridgehead atoms. The Morgan fingerprint density at radius 2 is 2.24 bits per heavy atom. The van der Waals surface area contributed by atoms with Gasteiger partial charge in [0.05, 0.1) is 6.10 Å². The summed E-state index contributed by atoms with van der Waals surface area (Å²) in [5.74, 6) is 0.567. The normalized spacial score (nSPS) is 21.8. The van der Waals surface area contributed by atoms with Crippen molar-refractivity contribution in [2.24, 2.45) is 5.92 Å². The van der Waals surface area contributed by atoms with E-state index in [-0.39, 0.29) is 12.0 Å². The first kappa shape index (κ1) is 14.5. The van der Waals surface area contributed by atoms with E-state index in [4.69, 9.17) is 16.3 Å². The van der Waals surface area contributed by atoms with Gasteiger partial charge in [0.15, 0.2) is 0 Å². The Morgan fingerprint density at radius 3 is 2.71 bits per heavy atom. The van der Waals surface area contributed by atoms with Gasteiger partial charge in [-0.25, -0.2) is 9.52 Å². The molecule has 1 unspecified atom stereocenters. The van der Waals surface area contributed by atoms with Crippen molar-refractivity contribution in [2.75, 3.05) is 19.0 Å². The quantitative estimate of drug-likeness (QED) is 0.779. The highest BCUT2D eigenvalue weighted by Crippen LogP contribution is 2.19. The van der Waals surface area contributed by atoms with Crippen molar-refractivity contribution in [1.82, 2.24) is 9.03 Å². The number of hydrogen-bond donors (Lipinski definition) is 1. The SMILES string of the molecule is CC(C)OC(=O)NS(=O)(=O)N1CCC(CCl)C1. The second-order valence-electron chi connectivity index (χ2n) is 4.23. The summed E-state index contributed by atoms with van der Waals surface area (Å²) in [5, 5.41) is 0. The van der Waals surface area contributed by atoms with Gasteiger partial charge in [0.2, 0.25) is 0 Å². The molecule has 1 fully saturated rings. The van der Waals surface area contributed by atoms with Crippen LogP contribution in [0.15, 0.2) is 0 Å². The van der Waals surface area contributed by atoms with E-state index in [0.29, 0.717) is 25.4 Å². The molecule has 0 saturated carbocycles. The molecule has 17 heavy (non-hydrogen) atoms. The van der Waals surface area contributed by atoms with Crippen LogP contribution in [0.25, 0.3) is 0 Å². The fourth-order valence-corrected chi connectivity index (χ4v) is 2.94. The molecule has 1 aliphatic heterocycles. The third-order valence-electron chi connectivity index (χ3n) is 2.36. The van der Waals surface area contributed by atoms with Crippen molar-refractivity contribution < 1.29 is 17.9 Å². The molecule has 1 rings (SSSR count). The minimum Gasteiger partial charge on any atom is -0.446 e. The van der Waals surface area contributed by atoms with Gasteiger partial charge in [0.25, 0.3) is 0 Å². The molecule has 1 amide bonds. The standard InChI is InChI=1S/C9H17ClN2O4S/c1-7(2)16-9(13)11-17(14,15)12-4-3-8(5-10)6-12/h7-8H,3-6H2,1-2H3,(H,11,13). The molecule has 6 nitrogen and oxygen atoms in total. The van der Waals surface area contributed by atoms with E-state index in [0.717, 1.165) is 0 Å². The highest BCUT2D eigenvalue weighted by atomic mass is 35.5. The van der Waals surface area contributed by atoms with Crippen molar-refractivity contribution in [3.05, 3.63) is 0 Å². The number of hydrogen-bond acceptors (Lipinski definition) is 4. The van der Waals surface area contributed by atoms with Crippen LogP contribution in [0.3, 0.4) is 0 Å². The number of nitrogens with zero attached hydrogens (tertiary/aromatic N) is 1. The zero-order valence-electron chi connectivity index (χ0n) is 9.85. The Hall–Kier alpha value is -0.530. The Bertz CT molecular complexity index is 371. The summed E-state index contributed by atoms with van der Waals surface area (Å²) in [5.41, 5.74) is 0. The third kappa shape index (κ3) is 4.33. The van der Waals surface area contributed by atoms with Crippen LogP contribution in [0.4, 0.5) is 4.79 Å². The van der Waals surface area contributed by atoms with Gasteiger partial charge in [0.1, 0.15) is 0 Å². The lowest BCUT2D eigenvalue weighted by atomic mass is 10.2. The second-order valence-corrected chi connectivity index (χ2v) is 6.21. The Balaban J connectivity index is 2.55. The molecule has 1 heterocycles. The molecule has 0 aromatic rings. The van der Waals surface area contributed by atoms with Crippen LogP contribution in [0.1, 0.15) is 20.3 Å². The smallest absolute Gasteiger partial charge is 0.422 e. The molecule has 1 N–H and O–H groups in total. The van der Waals surface area contributed by atoms with Crippen LogP contribution in [0.5, 0.6) is 0 Å². The van der Waals surface area contributed by atoms with Gasteiger partial charge in [-0.1, -0.05) is 0 Å². The maximum absolute atomic E-state index is 11.8. The van der Waals surface area contributed by atoms with Crippen LogP contribution in [-0.2, 0) is 14.9 Å². The number of amides is 1. The van der Waals surface area contributed by atoms with Gasteiger partial charge >= 0.3 is 16.3 Å². The average molecular weight is 285 g/mol. The summed E-state index contributed by atoms with van der Waals surface area (Å²) < 4.78 is 31.3. The highest BCUT2D eigenvalue weighted by Gasteiger charge is 2.32. The van der Waals surface area contributed by atoms with E-state index in [1.165, 1.54) is 4.31 Å². The fourth-order valence-electron chi connectivity index (χ4n) is 1.55. The molecule has 1 atom stereocenters. The number of alkyl halides is 1. The number of ether oxygens (including phenoxy) is 1. The van der Waals surface area contributed by atoms with Crippen LogP contribution < -0.4 is 4.72 Å². The van der Waals surface area contributed by atoms with Crippen LogP contribution in [-0.4, -0.2) is 43.9 Å². The van der Waals surface area contributed by atoms with E-state index >= 15 is 0 Å². The first-order valence-electron chi connectivity index (χ1n) is 5.39. The fraction of sp³-hybridized carbons (Fsp3) is 0.889. The van der Waals surface area contributed by atoms with Gasteiger partial charge in [-0.05, 0) is 26.2 Å². The van der Waals surface area contributed by atoms with E-state index in [1.54, 1.807) is 13.8 Å². The Morgan fingerprint density at radius 1 is 1.59 bits per heavy atom. The van der Waals surface area contributed by atoms with Gasteiger partial charge in [-0.15, -0.1) is 11.6 Å². The van der Waals surface area contributed by atoms with Crippen molar-refractivity contribution in [3.63, 3.8) is 0 Å². The molecule has 1 aliphatic rings. The molecule has 1 saturated heterocycles. The minimum atomic E-state index is -3.80. The third-order valence-corrected chi connectivity index (χ3v) is 4.23. The summed E-state index contributed by atoms with van der Waals surface area (Å²) >= 11 is 5.66. The molecule has 0 radical (unpaired) electrons. The van der Waals surface area contributed by atoms with E-state index < -0.39 is 16.3 Å². The lowest BCUT2D eigenvalue weighted by Gasteiger charge is -2.17. The summed E-state index contributed by atoms with van der Waals surface area (Å²) in [6, 6.07) is 0. The number of rotatable bonds is 4. The summed E-state index contributed by atoms with van der Waals surface area (Å²) in [6.45, 7) is 4.01. The monoisotopic (exact) mass is 284 g/mol. The minimum absolute atomic E-state index is 0.148. The summed E-state index contributed by atoms with van der Waals surface area (Å²) in [4.78, 5) is 11.2. The lowest BCUT2D eigenvalue weighted by Crippen LogP contribution is -2.43. The molecular formula is C9H17ClN2O4S. The molecule has 0 aromatic heterocycles. The van der Waals surface area contributed by atoms with Crippen LogP contribution >= 0.6 is 11.6 Å². The van der Waals surface area contributed by atoms with E-state index in [1.807, 2.05) is 4.72 Å². The molecule has 0 spiro atoms. The van der Waals surface area contributed by atoms with Gasteiger partial charge in [-0.3, -0.25) is 0 Å². The number of carbonyl (C=O) groups excluding carboxylic acids is 1. The van der Waals surface area contributed by atoms with Gasteiger partial charge < -0.3 is 4.74 Å². The van der Waals surface area contributed by atoms with Crippen molar-refractivity contribution >= 4 is 27.9 Å². The largest absolute Gasteiger partial charge is 0.446 e. The predicted octanol–water partition coefficient (Wildman–Crippen LogP) is 0.927. The average Bonchev–Trinajstić information content (AvgIpc) is 2.63. The summed E-state index contributed by atoms with van der Waals surface area (Å²) in [6.07, 6.45) is -0.599. The van der Waals surface area contributed by atoms with Gasteiger partial charge in [0, 0.05) is 19.0 Å². The Kier molecular flexibility index (Phi) is 5.03. The van der Waals surface area contributed by atoms with E-state index in [2.05, 4.69) is 0 Å².